The van der Waals surface area contributed by atoms with Crippen molar-refractivity contribution in [2.75, 3.05) is 6.61 Å². The Kier molecular flexibility index (Phi) is 5.26. The normalized spacial score (nSPS) is 12.4. The minimum Gasteiger partial charge on any atom is -0.394 e. The predicted octanol–water partition coefficient (Wildman–Crippen LogP) is 4.01. The van der Waals surface area contributed by atoms with Crippen LogP contribution in [0.5, 0.6) is 0 Å². The summed E-state index contributed by atoms with van der Waals surface area (Å²) in [7, 11) is 0. The standard InChI is InChI=1S/C22H21NO2/c1-16-6-2-3-7-17(16)12-13-22(25)23-21(15-24)20-11-10-18-8-4-5-9-19(18)14-20/h2-14,21,24H,15H2,1H3,(H,23,25)/b13-12+/t21-/m0/s1. The van der Waals surface area contributed by atoms with Crippen molar-refractivity contribution < 1.29 is 9.90 Å². The van der Waals surface area contributed by atoms with Crippen LogP contribution in [-0.2, 0) is 4.79 Å². The highest BCUT2D eigenvalue weighted by molar-refractivity contribution is 5.92. The second-order valence-electron chi connectivity index (χ2n) is 6.04. The molecular formula is C22H21NO2. The first kappa shape index (κ1) is 16.9. The Labute approximate surface area is 147 Å². The van der Waals surface area contributed by atoms with Crippen LogP contribution in [0.1, 0.15) is 22.7 Å². The average Bonchev–Trinajstić information content (AvgIpc) is 2.65. The molecular weight excluding hydrogens is 310 g/mol. The van der Waals surface area contributed by atoms with E-state index >= 15 is 0 Å². The van der Waals surface area contributed by atoms with Gasteiger partial charge in [-0.2, -0.15) is 0 Å². The van der Waals surface area contributed by atoms with Crippen molar-refractivity contribution in [3.8, 4) is 0 Å². The Morgan fingerprint density at radius 2 is 1.76 bits per heavy atom. The lowest BCUT2D eigenvalue weighted by Crippen LogP contribution is -2.29. The Morgan fingerprint density at radius 1 is 1.04 bits per heavy atom. The summed E-state index contributed by atoms with van der Waals surface area (Å²) in [5.41, 5.74) is 3.00. The smallest absolute Gasteiger partial charge is 0.244 e. The lowest BCUT2D eigenvalue weighted by molar-refractivity contribution is -0.117. The van der Waals surface area contributed by atoms with Gasteiger partial charge in [0, 0.05) is 6.08 Å². The van der Waals surface area contributed by atoms with E-state index in [2.05, 4.69) is 5.32 Å². The lowest BCUT2D eigenvalue weighted by atomic mass is 10.0. The number of hydrogen-bond acceptors (Lipinski definition) is 2. The first-order valence-corrected chi connectivity index (χ1v) is 8.31. The second-order valence-corrected chi connectivity index (χ2v) is 6.04. The second kappa shape index (κ2) is 7.77. The third-order valence-corrected chi connectivity index (χ3v) is 4.28. The van der Waals surface area contributed by atoms with Gasteiger partial charge in [0.15, 0.2) is 0 Å². The van der Waals surface area contributed by atoms with Crippen molar-refractivity contribution in [2.24, 2.45) is 0 Å². The molecule has 0 aliphatic rings. The van der Waals surface area contributed by atoms with E-state index in [1.165, 1.54) is 6.08 Å². The number of aliphatic hydroxyl groups is 1. The number of carbonyl (C=O) groups excluding carboxylic acids is 1. The summed E-state index contributed by atoms with van der Waals surface area (Å²) in [5, 5.41) is 14.8. The molecule has 0 saturated heterocycles. The average molecular weight is 331 g/mol. The zero-order valence-corrected chi connectivity index (χ0v) is 14.1. The van der Waals surface area contributed by atoms with E-state index in [1.807, 2.05) is 73.7 Å². The van der Waals surface area contributed by atoms with Crippen molar-refractivity contribution in [3.63, 3.8) is 0 Å². The van der Waals surface area contributed by atoms with Gasteiger partial charge in [-0.1, -0.05) is 60.7 Å². The lowest BCUT2D eigenvalue weighted by Gasteiger charge is -2.16. The molecule has 0 saturated carbocycles. The number of carbonyl (C=O) groups is 1. The molecule has 1 amide bonds. The quantitative estimate of drug-likeness (QED) is 0.694. The highest BCUT2D eigenvalue weighted by atomic mass is 16.3. The van der Waals surface area contributed by atoms with Gasteiger partial charge in [0.2, 0.25) is 5.91 Å². The molecule has 0 radical (unpaired) electrons. The predicted molar refractivity (Wildman–Crippen MR) is 102 cm³/mol. The SMILES string of the molecule is Cc1ccccc1/C=C/C(=O)N[C@@H](CO)c1ccc2ccccc2c1. The molecule has 3 aromatic carbocycles. The van der Waals surface area contributed by atoms with Crippen molar-refractivity contribution in [2.45, 2.75) is 13.0 Å². The van der Waals surface area contributed by atoms with Gasteiger partial charge >= 0.3 is 0 Å². The maximum Gasteiger partial charge on any atom is 0.244 e. The number of aryl methyl sites for hydroxylation is 1. The Bertz CT molecular complexity index is 915. The first-order valence-electron chi connectivity index (χ1n) is 8.31. The number of aliphatic hydroxyl groups excluding tert-OH is 1. The van der Waals surface area contributed by atoms with Crippen molar-refractivity contribution >= 4 is 22.8 Å². The molecule has 3 rings (SSSR count). The highest BCUT2D eigenvalue weighted by Crippen LogP contribution is 2.20. The van der Waals surface area contributed by atoms with E-state index < -0.39 is 6.04 Å². The van der Waals surface area contributed by atoms with Gasteiger partial charge in [-0.25, -0.2) is 0 Å². The van der Waals surface area contributed by atoms with Gasteiger partial charge in [-0.05, 0) is 46.5 Å². The van der Waals surface area contributed by atoms with E-state index in [-0.39, 0.29) is 12.5 Å². The van der Waals surface area contributed by atoms with Crippen LogP contribution in [0.3, 0.4) is 0 Å². The van der Waals surface area contributed by atoms with E-state index in [1.54, 1.807) is 6.08 Å². The van der Waals surface area contributed by atoms with Crippen molar-refractivity contribution in [1.82, 2.24) is 5.32 Å². The minimum atomic E-state index is -0.432. The molecule has 0 unspecified atom stereocenters. The fourth-order valence-electron chi connectivity index (χ4n) is 2.82. The maximum atomic E-state index is 12.2. The fraction of sp³-hybridized carbons (Fsp3) is 0.136. The number of hydrogen-bond donors (Lipinski definition) is 2. The summed E-state index contributed by atoms with van der Waals surface area (Å²) >= 11 is 0. The van der Waals surface area contributed by atoms with Gasteiger partial charge in [-0.15, -0.1) is 0 Å². The summed E-state index contributed by atoms with van der Waals surface area (Å²) in [6, 6.07) is 21.4. The maximum absolute atomic E-state index is 12.2. The fourth-order valence-corrected chi connectivity index (χ4v) is 2.82. The molecule has 3 aromatic rings. The molecule has 25 heavy (non-hydrogen) atoms. The topological polar surface area (TPSA) is 49.3 Å². The molecule has 0 aliphatic heterocycles. The van der Waals surface area contributed by atoms with Crippen LogP contribution in [0.4, 0.5) is 0 Å². The van der Waals surface area contributed by atoms with Gasteiger partial charge < -0.3 is 10.4 Å². The van der Waals surface area contributed by atoms with Crippen LogP contribution in [0.2, 0.25) is 0 Å². The van der Waals surface area contributed by atoms with Crippen molar-refractivity contribution in [1.29, 1.82) is 0 Å². The molecule has 2 N–H and O–H groups in total. The molecule has 1 atom stereocenters. The van der Waals surface area contributed by atoms with Gasteiger partial charge in [0.1, 0.15) is 0 Å². The summed E-state index contributed by atoms with van der Waals surface area (Å²) in [4.78, 5) is 12.2. The largest absolute Gasteiger partial charge is 0.394 e. The van der Waals surface area contributed by atoms with Crippen molar-refractivity contribution in [3.05, 3.63) is 89.5 Å². The molecule has 0 bridgehead atoms. The minimum absolute atomic E-state index is 0.151. The third kappa shape index (κ3) is 4.14. The first-order chi connectivity index (χ1) is 12.2. The Balaban J connectivity index is 1.74. The van der Waals surface area contributed by atoms with E-state index in [4.69, 9.17) is 0 Å². The molecule has 3 heteroatoms. The molecule has 126 valence electrons. The van der Waals surface area contributed by atoms with Gasteiger partial charge in [-0.3, -0.25) is 4.79 Å². The molecule has 0 heterocycles. The summed E-state index contributed by atoms with van der Waals surface area (Å²) in [6.45, 7) is 1.85. The van der Waals surface area contributed by atoms with E-state index in [0.717, 1.165) is 27.5 Å². The number of fused-ring (bicyclic) bond motifs is 1. The van der Waals surface area contributed by atoms with E-state index in [0.29, 0.717) is 0 Å². The Morgan fingerprint density at radius 3 is 2.52 bits per heavy atom. The number of benzene rings is 3. The van der Waals surface area contributed by atoms with Gasteiger partial charge in [0.25, 0.3) is 0 Å². The molecule has 0 aromatic heterocycles. The molecule has 3 nitrogen and oxygen atoms in total. The van der Waals surface area contributed by atoms with Crippen LogP contribution in [0.25, 0.3) is 16.8 Å². The number of amides is 1. The van der Waals surface area contributed by atoms with Crippen LogP contribution < -0.4 is 5.32 Å². The Hall–Kier alpha value is -2.91. The van der Waals surface area contributed by atoms with Crippen LogP contribution in [0, 0.1) is 6.92 Å². The number of rotatable bonds is 5. The third-order valence-electron chi connectivity index (χ3n) is 4.28. The summed E-state index contributed by atoms with van der Waals surface area (Å²) < 4.78 is 0. The monoisotopic (exact) mass is 331 g/mol. The highest BCUT2D eigenvalue weighted by Gasteiger charge is 2.12. The zero-order valence-electron chi connectivity index (χ0n) is 14.1. The van der Waals surface area contributed by atoms with Gasteiger partial charge in [0.05, 0.1) is 12.6 Å². The van der Waals surface area contributed by atoms with E-state index in [9.17, 15) is 9.90 Å². The summed E-state index contributed by atoms with van der Waals surface area (Å²) in [5.74, 6) is -0.226. The van der Waals surface area contributed by atoms with Crippen LogP contribution in [-0.4, -0.2) is 17.6 Å². The number of nitrogens with one attached hydrogen (secondary N) is 1. The van der Waals surface area contributed by atoms with Crippen LogP contribution >= 0.6 is 0 Å². The van der Waals surface area contributed by atoms with Crippen LogP contribution in [0.15, 0.2) is 72.8 Å². The summed E-state index contributed by atoms with van der Waals surface area (Å²) in [6.07, 6.45) is 3.30. The molecule has 0 fully saturated rings. The molecule has 0 aliphatic carbocycles. The molecule has 0 spiro atoms. The zero-order chi connectivity index (χ0) is 17.6.